The molecule has 0 heterocycles. The molecule has 0 radical (unpaired) electrons. The maximum Gasteiger partial charge on any atom is 0.240 e. The van der Waals surface area contributed by atoms with E-state index in [2.05, 4.69) is 11.4 Å². The Hall–Kier alpha value is -0.890. The van der Waals surface area contributed by atoms with Gasteiger partial charge in [0.1, 0.15) is 5.41 Å². The molecule has 1 rings (SSSR count). The summed E-state index contributed by atoms with van der Waals surface area (Å²) in [5.74, 6) is 0.906. The van der Waals surface area contributed by atoms with E-state index >= 15 is 0 Å². The molecule has 0 aromatic carbocycles. The number of carbonyl (C=O) groups is 1. The molecule has 1 N–H and O–H groups in total. The van der Waals surface area contributed by atoms with Crippen LogP contribution in [0.25, 0.3) is 0 Å². The summed E-state index contributed by atoms with van der Waals surface area (Å²) in [7, 11) is -0.858. The smallest absolute Gasteiger partial charge is 0.240 e. The van der Waals surface area contributed by atoms with Gasteiger partial charge in [0.25, 0.3) is 0 Å². The summed E-state index contributed by atoms with van der Waals surface area (Å²) >= 11 is 0. The van der Waals surface area contributed by atoms with Crippen molar-refractivity contribution in [1.29, 1.82) is 5.26 Å². The first-order valence-corrected chi connectivity index (χ1v) is 7.18. The highest BCUT2D eigenvalue weighted by Gasteiger charge is 2.41. The highest BCUT2D eigenvalue weighted by molar-refractivity contribution is 7.84. The number of nitrogens with zero attached hydrogens (tertiary/aromatic N) is 1. The normalized spacial score (nSPS) is 20.0. The summed E-state index contributed by atoms with van der Waals surface area (Å²) in [4.78, 5) is 11.8. The molecule has 1 unspecified atom stereocenters. The Morgan fingerprint density at radius 3 is 2.62 bits per heavy atom. The molecule has 1 aliphatic carbocycles. The molecule has 90 valence electrons. The summed E-state index contributed by atoms with van der Waals surface area (Å²) < 4.78 is 11.2. The summed E-state index contributed by atoms with van der Waals surface area (Å²) in [6.07, 6.45) is 3.21. The van der Waals surface area contributed by atoms with Gasteiger partial charge in [-0.05, 0) is 12.8 Å². The van der Waals surface area contributed by atoms with Gasteiger partial charge in [0.15, 0.2) is 0 Å². The Balaban J connectivity index is 2.40. The second-order valence-electron chi connectivity index (χ2n) is 4.09. The van der Waals surface area contributed by atoms with Crippen LogP contribution in [0.3, 0.4) is 0 Å². The maximum absolute atomic E-state index is 11.8. The molecule has 1 atom stereocenters. The minimum absolute atomic E-state index is 0.180. The zero-order chi connectivity index (χ0) is 12.0. The molecule has 4 nitrogen and oxygen atoms in total. The highest BCUT2D eigenvalue weighted by Crippen LogP contribution is 2.37. The minimum Gasteiger partial charge on any atom is -0.354 e. The van der Waals surface area contributed by atoms with Gasteiger partial charge in [0, 0.05) is 28.9 Å². The summed E-state index contributed by atoms with van der Waals surface area (Å²) in [5.41, 5.74) is -0.812. The van der Waals surface area contributed by atoms with Crippen LogP contribution in [0, 0.1) is 16.7 Å². The molecule has 5 heteroatoms. The number of amides is 1. The molecule has 0 saturated heterocycles. The fourth-order valence-electron chi connectivity index (χ4n) is 1.96. The van der Waals surface area contributed by atoms with Crippen molar-refractivity contribution in [1.82, 2.24) is 5.32 Å². The number of nitriles is 1. The van der Waals surface area contributed by atoms with E-state index in [1.165, 1.54) is 0 Å². The molecular weight excluding hydrogens is 224 g/mol. The van der Waals surface area contributed by atoms with E-state index in [-0.39, 0.29) is 5.91 Å². The number of carbonyl (C=O) groups excluding carboxylic acids is 1. The van der Waals surface area contributed by atoms with Crippen molar-refractivity contribution in [3.63, 3.8) is 0 Å². The zero-order valence-corrected chi connectivity index (χ0v) is 10.4. The predicted octanol–water partition coefficient (Wildman–Crippen LogP) is 0.955. The van der Waals surface area contributed by atoms with E-state index in [0.717, 1.165) is 12.8 Å². The Morgan fingerprint density at radius 1 is 1.50 bits per heavy atom. The van der Waals surface area contributed by atoms with Gasteiger partial charge < -0.3 is 5.32 Å². The van der Waals surface area contributed by atoms with Gasteiger partial charge in [0.05, 0.1) is 6.07 Å². The fourth-order valence-corrected chi connectivity index (χ4v) is 2.58. The molecule has 0 aliphatic heterocycles. The van der Waals surface area contributed by atoms with Crippen LogP contribution >= 0.6 is 0 Å². The fraction of sp³-hybridized carbons (Fsp3) is 0.818. The second-order valence-corrected chi connectivity index (χ2v) is 5.95. The SMILES string of the molecule is CCS(=O)CCNC(=O)C1(C#N)CCCC1. The lowest BCUT2D eigenvalue weighted by atomic mass is 9.87. The van der Waals surface area contributed by atoms with Crippen molar-refractivity contribution in [2.45, 2.75) is 32.6 Å². The molecule has 1 amide bonds. The van der Waals surface area contributed by atoms with Crippen LogP contribution in [0.5, 0.6) is 0 Å². The van der Waals surface area contributed by atoms with Crippen LogP contribution < -0.4 is 5.32 Å². The molecule has 0 spiro atoms. The topological polar surface area (TPSA) is 70.0 Å². The first-order valence-electron chi connectivity index (χ1n) is 5.69. The van der Waals surface area contributed by atoms with Crippen molar-refractivity contribution in [2.75, 3.05) is 18.1 Å². The first-order chi connectivity index (χ1) is 7.64. The zero-order valence-electron chi connectivity index (χ0n) is 9.62. The highest BCUT2D eigenvalue weighted by atomic mass is 32.2. The van der Waals surface area contributed by atoms with Crippen LogP contribution in [-0.4, -0.2) is 28.2 Å². The largest absolute Gasteiger partial charge is 0.354 e. The van der Waals surface area contributed by atoms with Gasteiger partial charge in [-0.2, -0.15) is 5.26 Å². The number of hydrogen-bond acceptors (Lipinski definition) is 3. The van der Waals surface area contributed by atoms with Crippen LogP contribution in [0.2, 0.25) is 0 Å². The van der Waals surface area contributed by atoms with Crippen molar-refractivity contribution < 1.29 is 9.00 Å². The van der Waals surface area contributed by atoms with Crippen molar-refractivity contribution >= 4 is 16.7 Å². The lowest BCUT2D eigenvalue weighted by Gasteiger charge is -2.18. The van der Waals surface area contributed by atoms with Gasteiger partial charge in [-0.25, -0.2) is 0 Å². The van der Waals surface area contributed by atoms with Gasteiger partial charge in [0.2, 0.25) is 5.91 Å². The Kier molecular flexibility index (Phi) is 4.94. The summed E-state index contributed by atoms with van der Waals surface area (Å²) in [5, 5.41) is 11.8. The van der Waals surface area contributed by atoms with E-state index in [1.54, 1.807) is 0 Å². The average molecular weight is 242 g/mol. The Morgan fingerprint density at radius 2 is 2.12 bits per heavy atom. The Labute approximate surface area is 98.9 Å². The molecular formula is C11H18N2O2S. The predicted molar refractivity (Wildman–Crippen MR) is 63.1 cm³/mol. The molecule has 0 aromatic heterocycles. The van der Waals surface area contributed by atoms with Gasteiger partial charge in [-0.1, -0.05) is 19.8 Å². The lowest BCUT2D eigenvalue weighted by molar-refractivity contribution is -0.127. The van der Waals surface area contributed by atoms with Crippen molar-refractivity contribution in [3.05, 3.63) is 0 Å². The van der Waals surface area contributed by atoms with E-state index in [1.807, 2.05) is 6.92 Å². The third kappa shape index (κ3) is 3.05. The molecule has 0 bridgehead atoms. The standard InChI is InChI=1S/C11H18N2O2S/c1-2-16(15)8-7-13-10(14)11(9-12)5-3-4-6-11/h2-8H2,1H3,(H,13,14). The summed E-state index contributed by atoms with van der Waals surface area (Å²) in [6, 6.07) is 2.14. The van der Waals surface area contributed by atoms with Crippen LogP contribution in [0.15, 0.2) is 0 Å². The third-order valence-corrected chi connectivity index (χ3v) is 4.35. The quantitative estimate of drug-likeness (QED) is 0.780. The van der Waals surface area contributed by atoms with Gasteiger partial charge in [-0.15, -0.1) is 0 Å². The van der Waals surface area contributed by atoms with E-state index < -0.39 is 16.2 Å². The van der Waals surface area contributed by atoms with Crippen molar-refractivity contribution in [3.8, 4) is 6.07 Å². The Bertz CT molecular complexity index is 316. The van der Waals surface area contributed by atoms with Crippen LogP contribution in [-0.2, 0) is 15.6 Å². The van der Waals surface area contributed by atoms with Gasteiger partial charge in [-0.3, -0.25) is 9.00 Å². The molecule has 1 saturated carbocycles. The molecule has 1 fully saturated rings. The second kappa shape index (κ2) is 6.00. The first kappa shape index (κ1) is 13.2. The number of rotatable bonds is 5. The van der Waals surface area contributed by atoms with Crippen LogP contribution in [0.1, 0.15) is 32.6 Å². The lowest BCUT2D eigenvalue weighted by Crippen LogP contribution is -2.40. The third-order valence-electron chi connectivity index (χ3n) is 3.04. The van der Waals surface area contributed by atoms with Crippen LogP contribution in [0.4, 0.5) is 0 Å². The van der Waals surface area contributed by atoms with E-state index in [9.17, 15) is 9.00 Å². The maximum atomic E-state index is 11.8. The average Bonchev–Trinajstić information content (AvgIpc) is 2.78. The summed E-state index contributed by atoms with van der Waals surface area (Å²) in [6.45, 7) is 2.26. The van der Waals surface area contributed by atoms with Crippen molar-refractivity contribution in [2.24, 2.45) is 5.41 Å². The minimum atomic E-state index is -0.858. The van der Waals surface area contributed by atoms with E-state index in [4.69, 9.17) is 5.26 Å². The van der Waals surface area contributed by atoms with Gasteiger partial charge >= 0.3 is 0 Å². The monoisotopic (exact) mass is 242 g/mol. The molecule has 16 heavy (non-hydrogen) atoms. The van der Waals surface area contributed by atoms with E-state index in [0.29, 0.717) is 30.9 Å². The molecule has 0 aromatic rings. The number of nitrogens with one attached hydrogen (secondary N) is 1. The molecule has 1 aliphatic rings. The number of hydrogen-bond donors (Lipinski definition) is 1.